The predicted octanol–water partition coefficient (Wildman–Crippen LogP) is 0.394. The molecule has 2 heterocycles. The number of thiophene rings is 1. The molecule has 1 aromatic rings. The van der Waals surface area contributed by atoms with Gasteiger partial charge in [-0.1, -0.05) is 6.07 Å². The molecule has 0 aliphatic carbocycles. The number of hydrogen-bond acceptors (Lipinski definition) is 4. The molecule has 0 unspecified atom stereocenters. The van der Waals surface area contributed by atoms with E-state index in [1.54, 1.807) is 11.3 Å². The average molecular weight is 211 g/mol. The lowest BCUT2D eigenvalue weighted by Gasteiger charge is -1.87. The Morgan fingerprint density at radius 1 is 1.54 bits per heavy atom. The van der Waals surface area contributed by atoms with Gasteiger partial charge in [-0.3, -0.25) is 5.73 Å². The molecule has 2 rings (SSSR count). The second-order valence-electron chi connectivity index (χ2n) is 2.45. The molecule has 0 saturated carbocycles. The number of carbonyl (C=O) groups excluding carboxylic acids is 1. The van der Waals surface area contributed by atoms with Gasteiger partial charge in [-0.05, 0) is 17.5 Å². The summed E-state index contributed by atoms with van der Waals surface area (Å²) < 4.78 is 0. The third-order valence-corrected chi connectivity index (χ3v) is 3.19. The number of amidine groups is 1. The van der Waals surface area contributed by atoms with Gasteiger partial charge in [-0.15, -0.1) is 11.3 Å². The maximum atomic E-state index is 10.9. The topological polar surface area (TPSA) is 57.1 Å². The second-order valence-corrected chi connectivity index (χ2v) is 4.45. The minimum atomic E-state index is -0.111. The summed E-state index contributed by atoms with van der Waals surface area (Å²) in [5.41, 5.74) is 5.59. The quantitative estimate of drug-likeness (QED) is 0.706. The lowest BCUT2D eigenvalue weighted by Crippen LogP contribution is -2.74. The zero-order chi connectivity index (χ0) is 9.26. The van der Waals surface area contributed by atoms with Crippen molar-refractivity contribution < 1.29 is 9.79 Å². The average Bonchev–Trinajstić information content (AvgIpc) is 2.63. The Morgan fingerprint density at radius 2 is 2.38 bits per heavy atom. The standard InChI is InChI=1S/C8H6N2OS2/c9-7-6(13-8(11)10-7)4-5-2-1-3-12-5/h1-4H,(H2,9,10,11)/p+1/b6-4+. The molecule has 3 N–H and O–H groups in total. The summed E-state index contributed by atoms with van der Waals surface area (Å²) in [6.07, 6.45) is 1.91. The van der Waals surface area contributed by atoms with Crippen LogP contribution in [0.3, 0.4) is 0 Å². The highest BCUT2D eigenvalue weighted by atomic mass is 32.2. The van der Waals surface area contributed by atoms with Crippen molar-refractivity contribution in [2.75, 3.05) is 0 Å². The van der Waals surface area contributed by atoms with Crippen LogP contribution in [0.1, 0.15) is 4.88 Å². The lowest BCUT2D eigenvalue weighted by molar-refractivity contribution is -0.326. The van der Waals surface area contributed by atoms with Gasteiger partial charge in [0.25, 0.3) is 5.84 Å². The fraction of sp³-hybridized carbons (Fsp3) is 0. The van der Waals surface area contributed by atoms with Crippen molar-refractivity contribution >= 4 is 40.2 Å². The number of hydrogen-bond donors (Lipinski definition) is 2. The van der Waals surface area contributed by atoms with Crippen LogP contribution in [0.25, 0.3) is 6.08 Å². The minimum Gasteiger partial charge on any atom is -0.286 e. The van der Waals surface area contributed by atoms with E-state index in [4.69, 9.17) is 5.73 Å². The van der Waals surface area contributed by atoms with Gasteiger partial charge in [0, 0.05) is 16.6 Å². The van der Waals surface area contributed by atoms with Gasteiger partial charge in [-0.2, -0.15) is 4.99 Å². The van der Waals surface area contributed by atoms with Crippen LogP contribution in [0.2, 0.25) is 0 Å². The normalized spacial score (nSPS) is 19.5. The van der Waals surface area contributed by atoms with E-state index in [9.17, 15) is 4.79 Å². The Kier molecular flexibility index (Phi) is 2.20. The van der Waals surface area contributed by atoms with E-state index in [-0.39, 0.29) is 5.24 Å². The number of rotatable bonds is 1. The summed E-state index contributed by atoms with van der Waals surface area (Å²) >= 11 is 2.74. The van der Waals surface area contributed by atoms with Crippen LogP contribution >= 0.6 is 23.1 Å². The van der Waals surface area contributed by atoms with Crippen molar-refractivity contribution in [1.29, 1.82) is 0 Å². The molecule has 0 saturated heterocycles. The Hall–Kier alpha value is -1.07. The van der Waals surface area contributed by atoms with Gasteiger partial charge in [0.15, 0.2) is 0 Å². The minimum absolute atomic E-state index is 0.111. The molecule has 0 spiro atoms. The first kappa shape index (κ1) is 8.52. The Labute approximate surface area is 83.4 Å². The zero-order valence-corrected chi connectivity index (χ0v) is 8.24. The van der Waals surface area contributed by atoms with E-state index >= 15 is 0 Å². The molecule has 1 aliphatic rings. The Bertz CT molecular complexity index is 392. The maximum absolute atomic E-state index is 10.9. The molecule has 1 aliphatic heterocycles. The Morgan fingerprint density at radius 3 is 2.92 bits per heavy atom. The molecule has 0 aromatic carbocycles. The van der Waals surface area contributed by atoms with Crippen LogP contribution in [0.5, 0.6) is 0 Å². The lowest BCUT2D eigenvalue weighted by atomic mass is 10.4. The number of nitrogens with two attached hydrogens (primary N) is 1. The highest BCUT2D eigenvalue weighted by Crippen LogP contribution is 2.22. The van der Waals surface area contributed by atoms with Crippen LogP contribution in [0.4, 0.5) is 4.79 Å². The molecule has 1 aromatic heterocycles. The van der Waals surface area contributed by atoms with Gasteiger partial charge >= 0.3 is 5.24 Å². The van der Waals surface area contributed by atoms with Crippen molar-refractivity contribution in [3.8, 4) is 0 Å². The summed E-state index contributed by atoms with van der Waals surface area (Å²) in [6.45, 7) is 0. The van der Waals surface area contributed by atoms with Gasteiger partial charge in [0.1, 0.15) is 4.91 Å². The largest absolute Gasteiger partial charge is 0.372 e. The van der Waals surface area contributed by atoms with Gasteiger partial charge in [0.2, 0.25) is 0 Å². The van der Waals surface area contributed by atoms with E-state index < -0.39 is 0 Å². The zero-order valence-electron chi connectivity index (χ0n) is 6.61. The molecule has 5 heteroatoms. The van der Waals surface area contributed by atoms with Crippen molar-refractivity contribution in [2.24, 2.45) is 5.73 Å². The monoisotopic (exact) mass is 211 g/mol. The van der Waals surface area contributed by atoms with Crippen LogP contribution in [-0.4, -0.2) is 11.1 Å². The van der Waals surface area contributed by atoms with Gasteiger partial charge < -0.3 is 0 Å². The van der Waals surface area contributed by atoms with E-state index in [2.05, 4.69) is 4.99 Å². The van der Waals surface area contributed by atoms with E-state index in [0.717, 1.165) is 21.5 Å². The van der Waals surface area contributed by atoms with Gasteiger partial charge in [-0.25, -0.2) is 4.79 Å². The maximum Gasteiger partial charge on any atom is 0.372 e. The van der Waals surface area contributed by atoms with Crippen LogP contribution in [0, 0.1) is 0 Å². The second kappa shape index (κ2) is 3.35. The summed E-state index contributed by atoms with van der Waals surface area (Å²) in [7, 11) is 0. The molecule has 0 radical (unpaired) electrons. The number of carbonyl (C=O) groups is 1. The molecule has 13 heavy (non-hydrogen) atoms. The fourth-order valence-electron chi connectivity index (χ4n) is 0.962. The highest BCUT2D eigenvalue weighted by molar-refractivity contribution is 8.17. The van der Waals surface area contributed by atoms with Crippen molar-refractivity contribution in [1.82, 2.24) is 0 Å². The molecule has 3 nitrogen and oxygen atoms in total. The summed E-state index contributed by atoms with van der Waals surface area (Å²) in [5, 5.41) is 1.87. The smallest absolute Gasteiger partial charge is 0.286 e. The summed E-state index contributed by atoms with van der Waals surface area (Å²) in [5.74, 6) is 0.448. The van der Waals surface area contributed by atoms with E-state index in [0.29, 0.717) is 5.84 Å². The fourth-order valence-corrected chi connectivity index (χ4v) is 2.40. The third-order valence-electron chi connectivity index (χ3n) is 1.52. The first-order chi connectivity index (χ1) is 6.25. The SMILES string of the molecule is NC1=[NH+]C(=O)S/C1=C/c1cccs1. The molecule has 1 amide bonds. The molecule has 0 bridgehead atoms. The molecule has 0 atom stereocenters. The number of thioether (sulfide) groups is 1. The van der Waals surface area contributed by atoms with Crippen LogP contribution < -0.4 is 10.7 Å². The van der Waals surface area contributed by atoms with Crippen LogP contribution in [-0.2, 0) is 0 Å². The molecule has 66 valence electrons. The van der Waals surface area contributed by atoms with E-state index in [1.807, 2.05) is 23.6 Å². The number of nitrogens with one attached hydrogen (secondary N) is 1. The Balaban J connectivity index is 2.29. The van der Waals surface area contributed by atoms with Crippen LogP contribution in [0.15, 0.2) is 22.4 Å². The summed E-state index contributed by atoms with van der Waals surface area (Å²) in [4.78, 5) is 15.3. The predicted molar refractivity (Wildman–Crippen MR) is 55.4 cm³/mol. The molecular formula is C8H7N2OS2+. The van der Waals surface area contributed by atoms with Crippen molar-refractivity contribution in [3.63, 3.8) is 0 Å². The first-order valence-electron chi connectivity index (χ1n) is 3.62. The van der Waals surface area contributed by atoms with Crippen molar-refractivity contribution in [3.05, 3.63) is 27.3 Å². The van der Waals surface area contributed by atoms with Gasteiger partial charge in [0.05, 0.1) is 0 Å². The highest BCUT2D eigenvalue weighted by Gasteiger charge is 2.24. The molecular weight excluding hydrogens is 204 g/mol. The van der Waals surface area contributed by atoms with E-state index in [1.165, 1.54) is 0 Å². The third kappa shape index (κ3) is 1.81. The molecule has 0 fully saturated rings. The number of amides is 1. The summed E-state index contributed by atoms with van der Waals surface area (Å²) in [6, 6.07) is 3.94. The first-order valence-corrected chi connectivity index (χ1v) is 5.32. The van der Waals surface area contributed by atoms with Crippen molar-refractivity contribution in [2.45, 2.75) is 0 Å².